The van der Waals surface area contributed by atoms with Gasteiger partial charge in [0.2, 0.25) is 0 Å². The van der Waals surface area contributed by atoms with Crippen LogP contribution in [-0.4, -0.2) is 4.57 Å². The van der Waals surface area contributed by atoms with Crippen LogP contribution in [0.4, 0.5) is 0 Å². The molecule has 20 heavy (non-hydrogen) atoms. The highest BCUT2D eigenvalue weighted by Crippen LogP contribution is 2.19. The Morgan fingerprint density at radius 2 is 2.15 bits per heavy atom. The van der Waals surface area contributed by atoms with E-state index in [-0.39, 0.29) is 6.04 Å². The van der Waals surface area contributed by atoms with Crippen LogP contribution >= 0.6 is 15.9 Å². The van der Waals surface area contributed by atoms with Crippen LogP contribution in [0.5, 0.6) is 0 Å². The summed E-state index contributed by atoms with van der Waals surface area (Å²) in [5, 5.41) is 12.6. The summed E-state index contributed by atoms with van der Waals surface area (Å²) in [6, 6.07) is 12.7. The van der Waals surface area contributed by atoms with Crippen molar-refractivity contribution in [2.45, 2.75) is 26.4 Å². The normalized spacial score (nSPS) is 12.2. The summed E-state index contributed by atoms with van der Waals surface area (Å²) in [5.74, 6) is 0. The molecular formula is C16H18BrN3. The van der Waals surface area contributed by atoms with Crippen molar-refractivity contribution >= 4 is 15.9 Å². The van der Waals surface area contributed by atoms with Crippen LogP contribution in [0.3, 0.4) is 0 Å². The molecule has 0 aliphatic carbocycles. The van der Waals surface area contributed by atoms with Gasteiger partial charge in [-0.1, -0.05) is 28.1 Å². The Balaban J connectivity index is 2.07. The Morgan fingerprint density at radius 1 is 1.40 bits per heavy atom. The molecule has 104 valence electrons. The molecule has 0 bridgehead atoms. The largest absolute Gasteiger partial charge is 0.340 e. The molecular weight excluding hydrogens is 314 g/mol. The van der Waals surface area contributed by atoms with Gasteiger partial charge in [-0.15, -0.1) is 0 Å². The molecule has 0 aliphatic rings. The summed E-state index contributed by atoms with van der Waals surface area (Å²) >= 11 is 3.49. The molecule has 1 aromatic heterocycles. The van der Waals surface area contributed by atoms with E-state index in [0.717, 1.165) is 16.7 Å². The third kappa shape index (κ3) is 3.12. The van der Waals surface area contributed by atoms with E-state index in [4.69, 9.17) is 5.26 Å². The summed E-state index contributed by atoms with van der Waals surface area (Å²) in [6.45, 7) is 4.95. The number of rotatable bonds is 4. The van der Waals surface area contributed by atoms with Crippen molar-refractivity contribution < 1.29 is 0 Å². The van der Waals surface area contributed by atoms with Crippen LogP contribution in [0.2, 0.25) is 0 Å². The fraction of sp³-hybridized carbons (Fsp3) is 0.312. The summed E-state index contributed by atoms with van der Waals surface area (Å²) in [5.41, 5.74) is 4.25. The average Bonchev–Trinajstić information content (AvgIpc) is 2.72. The molecule has 0 saturated carbocycles. The van der Waals surface area contributed by atoms with Gasteiger partial charge in [0.1, 0.15) is 11.8 Å². The van der Waals surface area contributed by atoms with Crippen molar-refractivity contribution in [3.63, 3.8) is 0 Å². The van der Waals surface area contributed by atoms with E-state index < -0.39 is 0 Å². The molecule has 0 amide bonds. The van der Waals surface area contributed by atoms with Gasteiger partial charge in [-0.2, -0.15) is 5.26 Å². The first-order chi connectivity index (χ1) is 9.52. The topological polar surface area (TPSA) is 40.8 Å². The van der Waals surface area contributed by atoms with Crippen LogP contribution in [-0.2, 0) is 13.6 Å². The molecule has 2 rings (SSSR count). The first kappa shape index (κ1) is 14.8. The van der Waals surface area contributed by atoms with Crippen molar-refractivity contribution in [1.29, 1.82) is 5.26 Å². The van der Waals surface area contributed by atoms with Crippen LogP contribution in [0.15, 0.2) is 34.8 Å². The SMILES string of the molecule is Cc1c(CNC(C)c2cccc(Br)c2)cc(C#N)n1C. The molecule has 3 nitrogen and oxygen atoms in total. The van der Waals surface area contributed by atoms with E-state index in [1.807, 2.05) is 36.7 Å². The summed E-state index contributed by atoms with van der Waals surface area (Å²) in [7, 11) is 1.93. The first-order valence-electron chi connectivity index (χ1n) is 6.57. The molecule has 0 fully saturated rings. The number of halogens is 1. The van der Waals surface area contributed by atoms with Crippen molar-refractivity contribution in [3.8, 4) is 6.07 Å². The van der Waals surface area contributed by atoms with Gasteiger partial charge >= 0.3 is 0 Å². The van der Waals surface area contributed by atoms with Crippen molar-refractivity contribution in [3.05, 3.63) is 57.3 Å². The third-order valence-electron chi connectivity index (χ3n) is 3.70. The second-order valence-electron chi connectivity index (χ2n) is 4.97. The average molecular weight is 332 g/mol. The minimum Gasteiger partial charge on any atom is -0.340 e. The maximum atomic E-state index is 9.05. The third-order valence-corrected chi connectivity index (χ3v) is 4.20. The van der Waals surface area contributed by atoms with E-state index in [1.165, 1.54) is 11.1 Å². The van der Waals surface area contributed by atoms with Crippen LogP contribution in [0.1, 0.15) is 35.5 Å². The smallest absolute Gasteiger partial charge is 0.120 e. The Bertz CT molecular complexity index is 652. The molecule has 0 aliphatic heterocycles. The highest BCUT2D eigenvalue weighted by Gasteiger charge is 2.10. The Kier molecular flexibility index (Phi) is 4.64. The van der Waals surface area contributed by atoms with Gasteiger partial charge in [0.25, 0.3) is 0 Å². The minimum atomic E-state index is 0.262. The second-order valence-corrected chi connectivity index (χ2v) is 5.88. The number of aromatic nitrogens is 1. The Labute approximate surface area is 128 Å². The molecule has 0 spiro atoms. The zero-order chi connectivity index (χ0) is 14.7. The van der Waals surface area contributed by atoms with E-state index in [1.54, 1.807) is 0 Å². The van der Waals surface area contributed by atoms with Crippen molar-refractivity contribution in [1.82, 2.24) is 9.88 Å². The van der Waals surface area contributed by atoms with Crippen molar-refractivity contribution in [2.24, 2.45) is 7.05 Å². The predicted molar refractivity (Wildman–Crippen MR) is 84.3 cm³/mol. The highest BCUT2D eigenvalue weighted by atomic mass is 79.9. The molecule has 1 aromatic carbocycles. The van der Waals surface area contributed by atoms with E-state index in [2.05, 4.69) is 46.4 Å². The predicted octanol–water partition coefficient (Wildman–Crippen LogP) is 3.82. The van der Waals surface area contributed by atoms with E-state index >= 15 is 0 Å². The molecule has 1 heterocycles. The number of hydrogen-bond acceptors (Lipinski definition) is 2. The van der Waals surface area contributed by atoms with E-state index in [0.29, 0.717) is 5.69 Å². The summed E-state index contributed by atoms with van der Waals surface area (Å²) < 4.78 is 3.02. The lowest BCUT2D eigenvalue weighted by atomic mass is 10.1. The lowest BCUT2D eigenvalue weighted by Gasteiger charge is -2.14. The van der Waals surface area contributed by atoms with Gasteiger partial charge in [-0.3, -0.25) is 0 Å². The van der Waals surface area contributed by atoms with Gasteiger partial charge in [0, 0.05) is 29.8 Å². The molecule has 1 atom stereocenters. The monoisotopic (exact) mass is 331 g/mol. The zero-order valence-corrected chi connectivity index (χ0v) is 13.5. The molecule has 1 unspecified atom stereocenters. The van der Waals surface area contributed by atoms with Gasteiger partial charge < -0.3 is 9.88 Å². The first-order valence-corrected chi connectivity index (χ1v) is 7.36. The molecule has 1 N–H and O–H groups in total. The van der Waals surface area contributed by atoms with Crippen LogP contribution in [0.25, 0.3) is 0 Å². The fourth-order valence-electron chi connectivity index (χ4n) is 2.21. The van der Waals surface area contributed by atoms with Gasteiger partial charge in [-0.05, 0) is 43.2 Å². The zero-order valence-electron chi connectivity index (χ0n) is 11.9. The number of benzene rings is 1. The highest BCUT2D eigenvalue weighted by molar-refractivity contribution is 9.10. The van der Waals surface area contributed by atoms with E-state index in [9.17, 15) is 0 Å². The molecule has 2 aromatic rings. The maximum absolute atomic E-state index is 9.05. The molecule has 0 saturated heterocycles. The number of nitrogens with zero attached hydrogens (tertiary/aromatic N) is 2. The second kappa shape index (κ2) is 6.25. The number of nitriles is 1. The minimum absolute atomic E-state index is 0.262. The Hall–Kier alpha value is -1.57. The fourth-order valence-corrected chi connectivity index (χ4v) is 2.62. The number of hydrogen-bond donors (Lipinski definition) is 1. The Morgan fingerprint density at radius 3 is 2.75 bits per heavy atom. The summed E-state index contributed by atoms with van der Waals surface area (Å²) in [6.07, 6.45) is 0. The summed E-state index contributed by atoms with van der Waals surface area (Å²) in [4.78, 5) is 0. The van der Waals surface area contributed by atoms with Crippen molar-refractivity contribution in [2.75, 3.05) is 0 Å². The van der Waals surface area contributed by atoms with Gasteiger partial charge in [0.15, 0.2) is 0 Å². The lowest BCUT2D eigenvalue weighted by Crippen LogP contribution is -2.18. The molecule has 4 heteroatoms. The van der Waals surface area contributed by atoms with Gasteiger partial charge in [0.05, 0.1) is 0 Å². The lowest BCUT2D eigenvalue weighted by molar-refractivity contribution is 0.572. The van der Waals surface area contributed by atoms with Crippen LogP contribution in [0, 0.1) is 18.3 Å². The van der Waals surface area contributed by atoms with Crippen LogP contribution < -0.4 is 5.32 Å². The quantitative estimate of drug-likeness (QED) is 0.925. The molecule has 0 radical (unpaired) electrons. The maximum Gasteiger partial charge on any atom is 0.120 e. The number of nitrogens with one attached hydrogen (secondary N) is 1. The standard InChI is InChI=1S/C16H18BrN3/c1-11(13-5-4-6-15(17)7-13)19-10-14-8-16(9-18)20(3)12(14)2/h4-8,11,19H,10H2,1-3H3. The van der Waals surface area contributed by atoms with Gasteiger partial charge in [-0.25, -0.2) is 0 Å².